The third-order valence-corrected chi connectivity index (χ3v) is 3.85. The maximum atomic E-state index is 5.39. The van der Waals surface area contributed by atoms with Gasteiger partial charge in [0.2, 0.25) is 0 Å². The second-order valence-electron chi connectivity index (χ2n) is 5.12. The highest BCUT2D eigenvalue weighted by molar-refractivity contribution is 8.00. The van der Waals surface area contributed by atoms with Crippen LogP contribution in [0, 0.1) is 0 Å². The average Bonchev–Trinajstić information content (AvgIpc) is 2.33. The first-order valence-corrected chi connectivity index (χ1v) is 7.32. The zero-order valence-corrected chi connectivity index (χ0v) is 12.8. The van der Waals surface area contributed by atoms with E-state index in [-0.39, 0.29) is 10.8 Å². The van der Waals surface area contributed by atoms with Gasteiger partial charge in [-0.15, -0.1) is 0 Å². The predicted molar refractivity (Wildman–Crippen MR) is 79.4 cm³/mol. The lowest BCUT2D eigenvalue weighted by Crippen LogP contribution is -2.26. The zero-order chi connectivity index (χ0) is 13.6. The highest BCUT2D eigenvalue weighted by Gasteiger charge is 2.20. The fraction of sp³-hybridized carbons (Fsp3) is 0.643. The number of aromatic nitrogens is 1. The van der Waals surface area contributed by atoms with E-state index in [2.05, 4.69) is 38.0 Å². The maximum Gasteiger partial charge on any atom is 0.142 e. The molecule has 0 radical (unpaired) electrons. The van der Waals surface area contributed by atoms with Crippen molar-refractivity contribution in [2.24, 2.45) is 0 Å². The molecule has 0 amide bonds. The van der Waals surface area contributed by atoms with Crippen molar-refractivity contribution in [2.75, 3.05) is 19.4 Å². The second kappa shape index (κ2) is 7.00. The number of ether oxygens (including phenoxy) is 1. The van der Waals surface area contributed by atoms with Crippen LogP contribution >= 0.6 is 11.8 Å². The van der Waals surface area contributed by atoms with Gasteiger partial charge in [0.15, 0.2) is 0 Å². The summed E-state index contributed by atoms with van der Waals surface area (Å²) in [7, 11) is 1.69. The molecule has 18 heavy (non-hydrogen) atoms. The van der Waals surface area contributed by atoms with Crippen LogP contribution in [0.1, 0.15) is 39.4 Å². The lowest BCUT2D eigenvalue weighted by atomic mass is 10.2. The summed E-state index contributed by atoms with van der Waals surface area (Å²) in [6.07, 6.45) is 1.82. The van der Waals surface area contributed by atoms with Crippen LogP contribution < -0.4 is 10.1 Å². The van der Waals surface area contributed by atoms with Crippen LogP contribution in [0.4, 0.5) is 0 Å². The Morgan fingerprint density at radius 2 is 2.17 bits per heavy atom. The second-order valence-corrected chi connectivity index (χ2v) is 6.97. The Morgan fingerprint density at radius 3 is 2.72 bits per heavy atom. The van der Waals surface area contributed by atoms with Crippen molar-refractivity contribution in [1.29, 1.82) is 0 Å². The zero-order valence-electron chi connectivity index (χ0n) is 12.0. The van der Waals surface area contributed by atoms with Crippen molar-refractivity contribution in [3.05, 3.63) is 24.0 Å². The number of methoxy groups -OCH3 is 1. The third kappa shape index (κ3) is 4.86. The highest BCUT2D eigenvalue weighted by Crippen LogP contribution is 2.30. The molecule has 1 atom stereocenters. The molecular formula is C14H24N2OS. The standard InChI is InChI=1S/C14H24N2OS/c1-6-15-11(10-18-14(2,3)4)13-12(17-5)8-7-9-16-13/h7-9,11,15H,6,10H2,1-5H3. The summed E-state index contributed by atoms with van der Waals surface area (Å²) in [6, 6.07) is 4.10. The van der Waals surface area contributed by atoms with Crippen molar-refractivity contribution in [1.82, 2.24) is 10.3 Å². The summed E-state index contributed by atoms with van der Waals surface area (Å²) in [4.78, 5) is 4.47. The van der Waals surface area contributed by atoms with E-state index in [0.29, 0.717) is 0 Å². The van der Waals surface area contributed by atoms with Crippen molar-refractivity contribution in [2.45, 2.75) is 38.5 Å². The molecule has 0 saturated carbocycles. The van der Waals surface area contributed by atoms with Gasteiger partial charge in [0, 0.05) is 16.7 Å². The number of pyridine rings is 1. The Morgan fingerprint density at radius 1 is 1.44 bits per heavy atom. The molecule has 1 heterocycles. The lowest BCUT2D eigenvalue weighted by Gasteiger charge is -2.24. The SMILES string of the molecule is CCNC(CSC(C)(C)C)c1ncccc1OC. The first-order chi connectivity index (χ1) is 8.48. The Kier molecular flexibility index (Phi) is 5.96. The normalized spacial score (nSPS) is 13.4. The van der Waals surface area contributed by atoms with E-state index >= 15 is 0 Å². The molecule has 0 aliphatic heterocycles. The number of nitrogens with zero attached hydrogens (tertiary/aromatic N) is 1. The Hall–Kier alpha value is -0.740. The number of hydrogen-bond donors (Lipinski definition) is 1. The maximum absolute atomic E-state index is 5.39. The van der Waals surface area contributed by atoms with Gasteiger partial charge in [0.05, 0.1) is 18.8 Å². The quantitative estimate of drug-likeness (QED) is 0.858. The van der Waals surface area contributed by atoms with Gasteiger partial charge in [0.1, 0.15) is 5.75 Å². The molecule has 0 fully saturated rings. The largest absolute Gasteiger partial charge is 0.495 e. The summed E-state index contributed by atoms with van der Waals surface area (Å²) >= 11 is 1.94. The molecule has 1 N–H and O–H groups in total. The average molecular weight is 268 g/mol. The van der Waals surface area contributed by atoms with Gasteiger partial charge >= 0.3 is 0 Å². The summed E-state index contributed by atoms with van der Waals surface area (Å²) in [5.41, 5.74) is 0.999. The van der Waals surface area contributed by atoms with Crippen LogP contribution in [-0.4, -0.2) is 29.1 Å². The predicted octanol–water partition coefficient (Wildman–Crippen LogP) is 3.27. The molecule has 0 bridgehead atoms. The number of nitrogens with one attached hydrogen (secondary N) is 1. The van der Waals surface area contributed by atoms with Crippen LogP contribution in [0.2, 0.25) is 0 Å². The van der Waals surface area contributed by atoms with Gasteiger partial charge in [-0.3, -0.25) is 4.98 Å². The number of thioether (sulfide) groups is 1. The van der Waals surface area contributed by atoms with Crippen molar-refractivity contribution >= 4 is 11.8 Å². The molecule has 0 aromatic carbocycles. The van der Waals surface area contributed by atoms with Gasteiger partial charge in [-0.2, -0.15) is 11.8 Å². The Bertz CT molecular complexity index is 363. The van der Waals surface area contributed by atoms with E-state index in [1.807, 2.05) is 30.1 Å². The monoisotopic (exact) mass is 268 g/mol. The first kappa shape index (κ1) is 15.3. The summed E-state index contributed by atoms with van der Waals surface area (Å²) in [5, 5.41) is 3.48. The van der Waals surface area contributed by atoms with E-state index < -0.39 is 0 Å². The van der Waals surface area contributed by atoms with E-state index in [9.17, 15) is 0 Å². The van der Waals surface area contributed by atoms with Gasteiger partial charge in [-0.1, -0.05) is 27.7 Å². The van der Waals surface area contributed by atoms with Crippen LogP contribution in [0.5, 0.6) is 5.75 Å². The molecule has 0 aliphatic carbocycles. The van der Waals surface area contributed by atoms with E-state index in [1.165, 1.54) is 0 Å². The minimum atomic E-state index is 0.232. The fourth-order valence-electron chi connectivity index (χ4n) is 1.65. The Balaban J connectivity index is 2.83. The van der Waals surface area contributed by atoms with E-state index in [4.69, 9.17) is 4.74 Å². The summed E-state index contributed by atoms with van der Waals surface area (Å²) in [5.74, 6) is 1.85. The topological polar surface area (TPSA) is 34.2 Å². The minimum Gasteiger partial charge on any atom is -0.495 e. The molecule has 0 saturated heterocycles. The molecule has 0 aliphatic rings. The third-order valence-electron chi connectivity index (χ3n) is 2.48. The molecule has 1 aromatic heterocycles. The lowest BCUT2D eigenvalue weighted by molar-refractivity contribution is 0.398. The Labute approximate surface area is 115 Å². The minimum absolute atomic E-state index is 0.232. The number of rotatable bonds is 6. The fourth-order valence-corrected chi connectivity index (χ4v) is 2.59. The van der Waals surface area contributed by atoms with Gasteiger partial charge in [-0.25, -0.2) is 0 Å². The summed E-state index contributed by atoms with van der Waals surface area (Å²) in [6.45, 7) is 9.74. The van der Waals surface area contributed by atoms with Crippen LogP contribution in [0.3, 0.4) is 0 Å². The van der Waals surface area contributed by atoms with Crippen molar-refractivity contribution in [3.63, 3.8) is 0 Å². The van der Waals surface area contributed by atoms with Crippen LogP contribution in [0.25, 0.3) is 0 Å². The van der Waals surface area contributed by atoms with Crippen LogP contribution in [-0.2, 0) is 0 Å². The first-order valence-electron chi connectivity index (χ1n) is 6.34. The molecule has 102 valence electrons. The van der Waals surface area contributed by atoms with Gasteiger partial charge in [0.25, 0.3) is 0 Å². The van der Waals surface area contributed by atoms with Gasteiger partial charge in [-0.05, 0) is 18.7 Å². The van der Waals surface area contributed by atoms with E-state index in [0.717, 1.165) is 23.7 Å². The molecule has 1 rings (SSSR count). The molecule has 1 unspecified atom stereocenters. The molecule has 3 nitrogen and oxygen atoms in total. The molecule has 0 spiro atoms. The smallest absolute Gasteiger partial charge is 0.142 e. The summed E-state index contributed by atoms with van der Waals surface area (Å²) < 4.78 is 5.65. The van der Waals surface area contributed by atoms with Crippen LogP contribution in [0.15, 0.2) is 18.3 Å². The highest BCUT2D eigenvalue weighted by atomic mass is 32.2. The van der Waals surface area contributed by atoms with Crippen molar-refractivity contribution in [3.8, 4) is 5.75 Å². The number of hydrogen-bond acceptors (Lipinski definition) is 4. The van der Waals surface area contributed by atoms with Gasteiger partial charge < -0.3 is 10.1 Å². The van der Waals surface area contributed by atoms with Crippen molar-refractivity contribution < 1.29 is 4.74 Å². The van der Waals surface area contributed by atoms with E-state index in [1.54, 1.807) is 7.11 Å². The molecule has 4 heteroatoms. The molecule has 1 aromatic rings. The molecular weight excluding hydrogens is 244 g/mol.